The van der Waals surface area contributed by atoms with E-state index in [1.807, 2.05) is 79.2 Å². The Morgan fingerprint density at radius 2 is 2.00 bits per heavy atom. The van der Waals surface area contributed by atoms with Crippen molar-refractivity contribution in [3.63, 3.8) is 0 Å². The van der Waals surface area contributed by atoms with E-state index < -0.39 is 0 Å². The highest BCUT2D eigenvalue weighted by Crippen LogP contribution is 2.27. The van der Waals surface area contributed by atoms with Gasteiger partial charge in [0.05, 0.1) is 6.42 Å². The van der Waals surface area contributed by atoms with Crippen molar-refractivity contribution in [2.75, 3.05) is 6.54 Å². The molecule has 3 rings (SSSR count). The molecule has 0 saturated carbocycles. The van der Waals surface area contributed by atoms with Gasteiger partial charge in [-0.15, -0.1) is 0 Å². The minimum absolute atomic E-state index is 0.0821. The highest BCUT2D eigenvalue weighted by atomic mass is 16.2. The molecule has 1 amide bonds. The maximum atomic E-state index is 13.2. The summed E-state index contributed by atoms with van der Waals surface area (Å²) in [7, 11) is 1.95. The van der Waals surface area contributed by atoms with Crippen LogP contribution in [0.2, 0.25) is 0 Å². The number of hydrogen-bond acceptors (Lipinski definition) is 3. The molecule has 0 radical (unpaired) electrons. The summed E-state index contributed by atoms with van der Waals surface area (Å²) in [6.07, 6.45) is 7.59. The number of aryl methyl sites for hydroxylation is 2. The number of benzene rings is 1. The average molecular weight is 348 g/mol. The Morgan fingerprint density at radius 1 is 1.19 bits per heavy atom. The van der Waals surface area contributed by atoms with Crippen molar-refractivity contribution in [3.8, 4) is 0 Å². The molecule has 1 atom stereocenters. The van der Waals surface area contributed by atoms with E-state index in [4.69, 9.17) is 0 Å². The van der Waals surface area contributed by atoms with Crippen LogP contribution >= 0.6 is 0 Å². The lowest BCUT2D eigenvalue weighted by molar-refractivity contribution is -0.132. The number of rotatable bonds is 6. The van der Waals surface area contributed by atoms with E-state index in [0.29, 0.717) is 13.0 Å². The fourth-order valence-electron chi connectivity index (χ4n) is 3.22. The second-order valence-corrected chi connectivity index (χ2v) is 6.37. The molecule has 0 fully saturated rings. The number of pyridine rings is 1. The van der Waals surface area contributed by atoms with E-state index in [1.165, 1.54) is 0 Å². The second kappa shape index (κ2) is 7.95. The SMILES string of the molecule is CCN(C(=O)Cc1ccccc1C)C(c1cccnc1)c1nccn1C. The molecular formula is C21H24N4O. The van der Waals surface area contributed by atoms with Crippen LogP contribution in [0.3, 0.4) is 0 Å². The number of carbonyl (C=O) groups excluding carboxylic acids is 1. The van der Waals surface area contributed by atoms with Crippen molar-refractivity contribution >= 4 is 5.91 Å². The number of carbonyl (C=O) groups is 1. The lowest BCUT2D eigenvalue weighted by Crippen LogP contribution is -2.37. The molecule has 0 spiro atoms. The van der Waals surface area contributed by atoms with Gasteiger partial charge in [0.2, 0.25) is 5.91 Å². The normalized spacial score (nSPS) is 12.0. The first-order valence-corrected chi connectivity index (χ1v) is 8.83. The van der Waals surface area contributed by atoms with E-state index in [0.717, 1.165) is 22.5 Å². The highest BCUT2D eigenvalue weighted by Gasteiger charge is 2.28. The summed E-state index contributed by atoms with van der Waals surface area (Å²) in [5.41, 5.74) is 3.15. The van der Waals surface area contributed by atoms with Crippen LogP contribution in [-0.2, 0) is 18.3 Å². The predicted octanol–water partition coefficient (Wildman–Crippen LogP) is 3.30. The van der Waals surface area contributed by atoms with Gasteiger partial charge in [0.15, 0.2) is 0 Å². The molecule has 0 saturated heterocycles. The van der Waals surface area contributed by atoms with E-state index in [-0.39, 0.29) is 11.9 Å². The average Bonchev–Trinajstić information content (AvgIpc) is 3.07. The quantitative estimate of drug-likeness (QED) is 0.687. The first kappa shape index (κ1) is 17.9. The van der Waals surface area contributed by atoms with Gasteiger partial charge in [0, 0.05) is 43.9 Å². The Kier molecular flexibility index (Phi) is 5.46. The minimum atomic E-state index is -0.259. The molecule has 5 heteroatoms. The third-order valence-corrected chi connectivity index (χ3v) is 4.68. The Balaban J connectivity index is 1.97. The topological polar surface area (TPSA) is 51.0 Å². The molecule has 0 bridgehead atoms. The van der Waals surface area contributed by atoms with E-state index in [2.05, 4.69) is 9.97 Å². The van der Waals surface area contributed by atoms with Crippen LogP contribution in [0.25, 0.3) is 0 Å². The number of likely N-dealkylation sites (N-methyl/N-ethyl adjacent to an activating group) is 1. The molecule has 0 aliphatic carbocycles. The van der Waals surface area contributed by atoms with Crippen LogP contribution in [0.5, 0.6) is 0 Å². The fraction of sp³-hybridized carbons (Fsp3) is 0.286. The van der Waals surface area contributed by atoms with Crippen molar-refractivity contribution in [1.29, 1.82) is 0 Å². The molecule has 0 aliphatic heterocycles. The number of amides is 1. The Morgan fingerprint density at radius 3 is 2.62 bits per heavy atom. The van der Waals surface area contributed by atoms with Crippen LogP contribution in [0.15, 0.2) is 61.2 Å². The van der Waals surface area contributed by atoms with Crippen molar-refractivity contribution in [1.82, 2.24) is 19.4 Å². The third kappa shape index (κ3) is 3.67. The maximum Gasteiger partial charge on any atom is 0.227 e. The predicted molar refractivity (Wildman–Crippen MR) is 102 cm³/mol. The second-order valence-electron chi connectivity index (χ2n) is 6.37. The molecule has 1 aromatic carbocycles. The number of aromatic nitrogens is 3. The van der Waals surface area contributed by atoms with Gasteiger partial charge in [-0.3, -0.25) is 9.78 Å². The summed E-state index contributed by atoms with van der Waals surface area (Å²) in [4.78, 5) is 23.8. The largest absolute Gasteiger partial charge is 0.336 e. The zero-order chi connectivity index (χ0) is 18.5. The molecule has 5 nitrogen and oxygen atoms in total. The van der Waals surface area contributed by atoms with Crippen LogP contribution in [0.1, 0.15) is 35.5 Å². The molecule has 2 aromatic heterocycles. The molecule has 26 heavy (non-hydrogen) atoms. The van der Waals surface area contributed by atoms with Gasteiger partial charge < -0.3 is 9.47 Å². The van der Waals surface area contributed by atoms with Gasteiger partial charge >= 0.3 is 0 Å². The Labute approximate surface area is 154 Å². The van der Waals surface area contributed by atoms with Gasteiger partial charge in [0.25, 0.3) is 0 Å². The summed E-state index contributed by atoms with van der Waals surface area (Å²) in [6.45, 7) is 4.63. The summed E-state index contributed by atoms with van der Waals surface area (Å²) < 4.78 is 1.96. The molecule has 3 aromatic rings. The van der Waals surface area contributed by atoms with E-state index in [1.54, 1.807) is 12.4 Å². The van der Waals surface area contributed by atoms with Crippen molar-refractivity contribution in [3.05, 3.63) is 83.7 Å². The van der Waals surface area contributed by atoms with Crippen LogP contribution < -0.4 is 0 Å². The molecule has 0 N–H and O–H groups in total. The van der Waals surface area contributed by atoms with Gasteiger partial charge in [-0.25, -0.2) is 4.98 Å². The lowest BCUT2D eigenvalue weighted by atomic mass is 10.0. The first-order valence-electron chi connectivity index (χ1n) is 8.83. The van der Waals surface area contributed by atoms with Crippen molar-refractivity contribution in [2.45, 2.75) is 26.3 Å². The van der Waals surface area contributed by atoms with Crippen LogP contribution in [0, 0.1) is 6.92 Å². The zero-order valence-corrected chi connectivity index (χ0v) is 15.5. The molecular weight excluding hydrogens is 324 g/mol. The monoisotopic (exact) mass is 348 g/mol. The standard InChI is InChI=1S/C21H24N4O/c1-4-25(19(26)14-17-9-6-5-8-16(17)2)20(18-10-7-11-22-15-18)21-23-12-13-24(21)3/h5-13,15,20H,4,14H2,1-3H3. The Bertz CT molecular complexity index is 872. The number of imidazole rings is 1. The zero-order valence-electron chi connectivity index (χ0n) is 15.5. The maximum absolute atomic E-state index is 13.2. The van der Waals surface area contributed by atoms with E-state index >= 15 is 0 Å². The molecule has 1 unspecified atom stereocenters. The number of nitrogens with zero attached hydrogens (tertiary/aromatic N) is 4. The molecule has 2 heterocycles. The molecule has 0 aliphatic rings. The summed E-state index contributed by atoms with van der Waals surface area (Å²) in [5.74, 6) is 0.914. The van der Waals surface area contributed by atoms with Crippen molar-refractivity contribution in [2.24, 2.45) is 7.05 Å². The van der Waals surface area contributed by atoms with Gasteiger partial charge in [0.1, 0.15) is 11.9 Å². The van der Waals surface area contributed by atoms with E-state index in [9.17, 15) is 4.79 Å². The minimum Gasteiger partial charge on any atom is -0.336 e. The summed E-state index contributed by atoms with van der Waals surface area (Å²) >= 11 is 0. The smallest absolute Gasteiger partial charge is 0.227 e. The number of hydrogen-bond donors (Lipinski definition) is 0. The van der Waals surface area contributed by atoms with Crippen LogP contribution in [0.4, 0.5) is 0 Å². The highest BCUT2D eigenvalue weighted by molar-refractivity contribution is 5.80. The summed E-state index contributed by atoms with van der Waals surface area (Å²) in [6, 6.07) is 11.7. The van der Waals surface area contributed by atoms with Gasteiger partial charge in [-0.2, -0.15) is 0 Å². The third-order valence-electron chi connectivity index (χ3n) is 4.68. The van der Waals surface area contributed by atoms with Gasteiger partial charge in [-0.1, -0.05) is 30.3 Å². The van der Waals surface area contributed by atoms with Crippen LogP contribution in [-0.4, -0.2) is 31.9 Å². The van der Waals surface area contributed by atoms with Gasteiger partial charge in [-0.05, 0) is 31.0 Å². The molecule has 134 valence electrons. The first-order chi connectivity index (χ1) is 12.6. The lowest BCUT2D eigenvalue weighted by Gasteiger charge is -2.31. The Hall–Kier alpha value is -2.95. The summed E-state index contributed by atoms with van der Waals surface area (Å²) in [5, 5.41) is 0. The fourth-order valence-corrected chi connectivity index (χ4v) is 3.22. The van der Waals surface area contributed by atoms with Crippen molar-refractivity contribution < 1.29 is 4.79 Å².